The molecular formula is C21H28N2O7. The van der Waals surface area contributed by atoms with Crippen molar-refractivity contribution in [2.24, 2.45) is 0 Å². The summed E-state index contributed by atoms with van der Waals surface area (Å²) in [4.78, 5) is 39.8. The third kappa shape index (κ3) is 8.12. The molecule has 1 aromatic carbocycles. The molecule has 0 saturated carbocycles. The SMILES string of the molecule is Cc1cc(=O)oc2cc(OCC(=O)NCCCCONC(=O)OC(C)(C)C)ccc12. The molecule has 2 rings (SSSR count). The number of hydrogen-bond acceptors (Lipinski definition) is 7. The van der Waals surface area contributed by atoms with Gasteiger partial charge in [0.25, 0.3) is 5.91 Å². The minimum Gasteiger partial charge on any atom is -0.484 e. The van der Waals surface area contributed by atoms with Crippen LogP contribution in [-0.2, 0) is 14.4 Å². The summed E-state index contributed by atoms with van der Waals surface area (Å²) in [5, 5.41) is 3.55. The van der Waals surface area contributed by atoms with Crippen molar-refractivity contribution in [3.63, 3.8) is 0 Å². The van der Waals surface area contributed by atoms with Crippen molar-refractivity contribution in [3.05, 3.63) is 40.2 Å². The van der Waals surface area contributed by atoms with Crippen LogP contribution in [0.2, 0.25) is 0 Å². The van der Waals surface area contributed by atoms with E-state index >= 15 is 0 Å². The van der Waals surface area contributed by atoms with Crippen LogP contribution in [0.5, 0.6) is 5.75 Å². The predicted octanol–water partition coefficient (Wildman–Crippen LogP) is 2.83. The van der Waals surface area contributed by atoms with Gasteiger partial charge in [-0.15, -0.1) is 0 Å². The molecule has 0 atom stereocenters. The van der Waals surface area contributed by atoms with Gasteiger partial charge in [-0.25, -0.2) is 9.59 Å². The Kier molecular flexibility index (Phi) is 8.23. The maximum Gasteiger partial charge on any atom is 0.431 e. The van der Waals surface area contributed by atoms with Crippen molar-refractivity contribution in [2.45, 2.75) is 46.1 Å². The van der Waals surface area contributed by atoms with Gasteiger partial charge in [0.2, 0.25) is 0 Å². The van der Waals surface area contributed by atoms with Gasteiger partial charge in [-0.05, 0) is 58.2 Å². The molecule has 9 nitrogen and oxygen atoms in total. The summed E-state index contributed by atoms with van der Waals surface area (Å²) in [5.41, 5.74) is 2.42. The van der Waals surface area contributed by atoms with Crippen LogP contribution in [-0.4, -0.2) is 37.4 Å². The summed E-state index contributed by atoms with van der Waals surface area (Å²) in [6.45, 7) is 7.70. The number of nitrogens with one attached hydrogen (secondary N) is 2. The van der Waals surface area contributed by atoms with E-state index in [0.717, 1.165) is 10.9 Å². The minimum atomic E-state index is -0.643. The summed E-state index contributed by atoms with van der Waals surface area (Å²) in [6, 6.07) is 6.52. The first kappa shape index (κ1) is 23.2. The zero-order valence-corrected chi connectivity index (χ0v) is 17.7. The van der Waals surface area contributed by atoms with E-state index in [0.29, 0.717) is 37.3 Å². The summed E-state index contributed by atoms with van der Waals surface area (Å²) >= 11 is 0. The zero-order valence-electron chi connectivity index (χ0n) is 17.7. The predicted molar refractivity (Wildman–Crippen MR) is 110 cm³/mol. The Morgan fingerprint density at radius 3 is 2.63 bits per heavy atom. The van der Waals surface area contributed by atoms with Gasteiger partial charge < -0.3 is 19.2 Å². The smallest absolute Gasteiger partial charge is 0.431 e. The maximum atomic E-state index is 11.9. The number of rotatable bonds is 9. The van der Waals surface area contributed by atoms with Gasteiger partial charge >= 0.3 is 11.7 Å². The van der Waals surface area contributed by atoms with Gasteiger partial charge in [-0.2, -0.15) is 5.48 Å². The van der Waals surface area contributed by atoms with Crippen molar-refractivity contribution in [3.8, 4) is 5.75 Å². The van der Waals surface area contributed by atoms with Gasteiger partial charge in [0.05, 0.1) is 6.61 Å². The average Bonchev–Trinajstić information content (AvgIpc) is 2.63. The topological polar surface area (TPSA) is 116 Å². The van der Waals surface area contributed by atoms with E-state index in [2.05, 4.69) is 10.8 Å². The Hall–Kier alpha value is -3.07. The molecule has 2 amide bonds. The van der Waals surface area contributed by atoms with E-state index < -0.39 is 17.3 Å². The lowest BCUT2D eigenvalue weighted by Crippen LogP contribution is -2.33. The Morgan fingerprint density at radius 2 is 1.90 bits per heavy atom. The van der Waals surface area contributed by atoms with Crippen molar-refractivity contribution in [2.75, 3.05) is 19.8 Å². The van der Waals surface area contributed by atoms with Crippen molar-refractivity contribution >= 4 is 23.0 Å². The second-order valence-electron chi connectivity index (χ2n) is 7.70. The summed E-state index contributed by atoms with van der Waals surface area (Å²) in [5.74, 6) is 0.168. The third-order valence-electron chi connectivity index (χ3n) is 3.84. The Labute approximate surface area is 174 Å². The van der Waals surface area contributed by atoms with Crippen molar-refractivity contribution in [1.29, 1.82) is 0 Å². The van der Waals surface area contributed by atoms with Crippen LogP contribution in [0.25, 0.3) is 11.0 Å². The van der Waals surface area contributed by atoms with Gasteiger partial charge in [-0.1, -0.05) is 0 Å². The second kappa shape index (κ2) is 10.6. The fraction of sp³-hybridized carbons (Fsp3) is 0.476. The van der Waals surface area contributed by atoms with Crippen LogP contribution >= 0.6 is 0 Å². The molecule has 0 aliphatic heterocycles. The number of fused-ring (bicyclic) bond motifs is 1. The zero-order chi connectivity index (χ0) is 22.1. The molecule has 0 bridgehead atoms. The molecule has 2 aromatic rings. The van der Waals surface area contributed by atoms with Crippen LogP contribution in [0, 0.1) is 6.92 Å². The number of carbonyl (C=O) groups excluding carboxylic acids is 2. The summed E-state index contributed by atoms with van der Waals surface area (Å²) in [6.07, 6.45) is 0.665. The third-order valence-corrected chi connectivity index (χ3v) is 3.84. The largest absolute Gasteiger partial charge is 0.484 e. The molecule has 9 heteroatoms. The van der Waals surface area contributed by atoms with E-state index in [9.17, 15) is 14.4 Å². The molecule has 0 aliphatic carbocycles. The highest BCUT2D eigenvalue weighted by molar-refractivity contribution is 5.81. The number of carbonyl (C=O) groups is 2. The summed E-state index contributed by atoms with van der Waals surface area (Å²) in [7, 11) is 0. The average molecular weight is 420 g/mol. The molecule has 164 valence electrons. The number of hydrogen-bond donors (Lipinski definition) is 2. The molecule has 0 radical (unpaired) electrons. The van der Waals surface area contributed by atoms with E-state index in [1.807, 2.05) is 6.92 Å². The normalized spacial score (nSPS) is 11.2. The Balaban J connectivity index is 1.61. The van der Waals surface area contributed by atoms with Crippen LogP contribution in [0.4, 0.5) is 4.79 Å². The molecule has 2 N–H and O–H groups in total. The first-order chi connectivity index (χ1) is 14.1. The fourth-order valence-corrected chi connectivity index (χ4v) is 2.53. The molecule has 30 heavy (non-hydrogen) atoms. The molecule has 1 heterocycles. The molecule has 0 spiro atoms. The van der Waals surface area contributed by atoms with Crippen molar-refractivity contribution in [1.82, 2.24) is 10.8 Å². The summed E-state index contributed by atoms with van der Waals surface area (Å²) < 4.78 is 15.6. The number of hydroxylamine groups is 1. The van der Waals surface area contributed by atoms with Gasteiger partial charge in [0.15, 0.2) is 6.61 Å². The highest BCUT2D eigenvalue weighted by Gasteiger charge is 2.15. The highest BCUT2D eigenvalue weighted by Crippen LogP contribution is 2.22. The molecule has 0 aliphatic rings. The lowest BCUT2D eigenvalue weighted by atomic mass is 10.1. The minimum absolute atomic E-state index is 0.155. The van der Waals surface area contributed by atoms with Crippen molar-refractivity contribution < 1.29 is 28.3 Å². The van der Waals surface area contributed by atoms with Crippen LogP contribution in [0.15, 0.2) is 33.5 Å². The van der Waals surface area contributed by atoms with Gasteiger partial charge in [0.1, 0.15) is 16.9 Å². The Morgan fingerprint density at radius 1 is 1.13 bits per heavy atom. The number of amides is 2. The second-order valence-corrected chi connectivity index (χ2v) is 7.70. The molecule has 0 saturated heterocycles. The quantitative estimate of drug-likeness (QED) is 0.364. The van der Waals surface area contributed by atoms with Crippen LogP contribution in [0.3, 0.4) is 0 Å². The number of unbranched alkanes of at least 4 members (excludes halogenated alkanes) is 1. The van der Waals surface area contributed by atoms with Crippen LogP contribution in [0.1, 0.15) is 39.2 Å². The van der Waals surface area contributed by atoms with E-state index in [4.69, 9.17) is 18.7 Å². The monoisotopic (exact) mass is 420 g/mol. The first-order valence-corrected chi connectivity index (χ1v) is 9.69. The highest BCUT2D eigenvalue weighted by atomic mass is 16.7. The number of aryl methyl sites for hydroxylation is 1. The standard InChI is InChI=1S/C21H28N2O7/c1-14-11-19(25)29-17-12-15(7-8-16(14)17)27-13-18(24)22-9-5-6-10-28-23-20(26)30-21(2,3)4/h7-8,11-12H,5-6,9-10,13H2,1-4H3,(H,22,24)(H,23,26). The lowest BCUT2D eigenvalue weighted by Gasteiger charge is -2.19. The van der Waals surface area contributed by atoms with E-state index in [-0.39, 0.29) is 12.5 Å². The van der Waals surface area contributed by atoms with Crippen LogP contribution < -0.4 is 21.2 Å². The molecule has 0 unspecified atom stereocenters. The van der Waals surface area contributed by atoms with Gasteiger partial charge in [0, 0.05) is 24.1 Å². The molecule has 1 aromatic heterocycles. The fourth-order valence-electron chi connectivity index (χ4n) is 2.53. The van der Waals surface area contributed by atoms with Gasteiger partial charge in [-0.3, -0.25) is 9.63 Å². The Bertz CT molecular complexity index is 931. The lowest BCUT2D eigenvalue weighted by molar-refractivity contribution is -0.123. The first-order valence-electron chi connectivity index (χ1n) is 9.69. The van der Waals surface area contributed by atoms with E-state index in [1.54, 1.807) is 39.0 Å². The number of benzene rings is 1. The number of ether oxygens (including phenoxy) is 2. The van der Waals surface area contributed by atoms with E-state index in [1.165, 1.54) is 6.07 Å². The molecule has 0 fully saturated rings. The molecular weight excluding hydrogens is 392 g/mol. The maximum absolute atomic E-state index is 11.9.